The van der Waals surface area contributed by atoms with Crippen LogP contribution in [0.5, 0.6) is 0 Å². The first kappa shape index (κ1) is 25.8. The molecule has 0 radical (unpaired) electrons. The minimum Gasteiger partial charge on any atom is -0.377 e. The quantitative estimate of drug-likeness (QED) is 0.254. The second-order valence-electron chi connectivity index (χ2n) is 6.34. The molecule has 3 N–H and O–H groups in total. The summed E-state index contributed by atoms with van der Waals surface area (Å²) in [6, 6.07) is 1.77. The van der Waals surface area contributed by atoms with E-state index in [4.69, 9.17) is 27.9 Å². The minimum absolute atomic E-state index is 0. The summed E-state index contributed by atoms with van der Waals surface area (Å²) >= 11 is 12.0. The Morgan fingerprint density at radius 3 is 2.68 bits per heavy atom. The molecular weight excluding hydrogens is 540 g/mol. The van der Waals surface area contributed by atoms with Gasteiger partial charge < -0.3 is 19.9 Å². The maximum Gasteiger partial charge on any atom is 0.213 e. The highest BCUT2D eigenvalue weighted by atomic mass is 127. The van der Waals surface area contributed by atoms with Crippen LogP contribution in [0.3, 0.4) is 0 Å². The van der Waals surface area contributed by atoms with Gasteiger partial charge >= 0.3 is 0 Å². The molecule has 0 aliphatic carbocycles. The summed E-state index contributed by atoms with van der Waals surface area (Å²) in [6.45, 7) is 1.71. The van der Waals surface area contributed by atoms with Gasteiger partial charge in [-0.3, -0.25) is 4.99 Å². The number of hydrogen-bond acceptors (Lipinski definition) is 4. The predicted molar refractivity (Wildman–Crippen MR) is 124 cm³/mol. The van der Waals surface area contributed by atoms with Crippen molar-refractivity contribution in [2.24, 2.45) is 12.0 Å². The number of rotatable bonds is 8. The lowest BCUT2D eigenvalue weighted by molar-refractivity contribution is 0.0200. The molecule has 8 nitrogen and oxygen atoms in total. The molecule has 12 heteroatoms. The fraction of sp³-hybridized carbons (Fsp3) is 0.688. The Balaban J connectivity index is 0.00000392. The van der Waals surface area contributed by atoms with Crippen LogP contribution in [0, 0.1) is 0 Å². The zero-order valence-electron chi connectivity index (χ0n) is 16.0. The van der Waals surface area contributed by atoms with Crippen LogP contribution in [-0.2, 0) is 28.4 Å². The second kappa shape index (κ2) is 12.4. The molecule has 1 atom stereocenters. The zero-order valence-corrected chi connectivity index (χ0v) is 20.7. The highest BCUT2D eigenvalue weighted by Gasteiger charge is 2.17. The smallest absolute Gasteiger partial charge is 0.213 e. The fourth-order valence-electron chi connectivity index (χ4n) is 2.72. The van der Waals surface area contributed by atoms with Gasteiger partial charge in [-0.1, -0.05) is 23.2 Å². The van der Waals surface area contributed by atoms with E-state index in [0.29, 0.717) is 35.8 Å². The van der Waals surface area contributed by atoms with Gasteiger partial charge in [0.15, 0.2) is 5.96 Å². The summed E-state index contributed by atoms with van der Waals surface area (Å²) in [5.74, 6) is 0.441. The van der Waals surface area contributed by atoms with Crippen molar-refractivity contribution in [1.82, 2.24) is 19.9 Å². The zero-order chi connectivity index (χ0) is 19.9. The average Bonchev–Trinajstić information content (AvgIpc) is 2.90. The topological polar surface area (TPSA) is 96.8 Å². The molecular formula is C16H28Cl2IN5O3S. The van der Waals surface area contributed by atoms with Gasteiger partial charge in [0, 0.05) is 39.5 Å². The van der Waals surface area contributed by atoms with Crippen LogP contribution in [0.15, 0.2) is 11.1 Å². The largest absolute Gasteiger partial charge is 0.377 e. The lowest BCUT2D eigenvalue weighted by Gasteiger charge is -2.22. The van der Waals surface area contributed by atoms with E-state index in [0.717, 1.165) is 25.0 Å². The molecule has 1 aromatic heterocycles. The molecule has 0 aromatic carbocycles. The molecule has 1 aliphatic rings. The predicted octanol–water partition coefficient (Wildman–Crippen LogP) is 2.10. The minimum atomic E-state index is -3.38. The maximum atomic E-state index is 12.1. The lowest BCUT2D eigenvalue weighted by atomic mass is 10.1. The molecule has 2 heterocycles. The molecule has 28 heavy (non-hydrogen) atoms. The Labute approximate surface area is 193 Å². The van der Waals surface area contributed by atoms with Gasteiger partial charge in [-0.2, -0.15) is 0 Å². The molecule has 0 amide bonds. The lowest BCUT2D eigenvalue weighted by Crippen LogP contribution is -2.42. The molecule has 0 spiro atoms. The van der Waals surface area contributed by atoms with E-state index < -0.39 is 10.0 Å². The third kappa shape index (κ3) is 8.23. The van der Waals surface area contributed by atoms with Gasteiger partial charge in [-0.05, 0) is 25.3 Å². The Morgan fingerprint density at radius 1 is 1.36 bits per heavy atom. The normalized spacial score (nSPS) is 17.9. The van der Waals surface area contributed by atoms with Gasteiger partial charge in [-0.15, -0.1) is 24.0 Å². The molecule has 0 bridgehead atoms. The van der Waals surface area contributed by atoms with Crippen molar-refractivity contribution >= 4 is 63.2 Å². The van der Waals surface area contributed by atoms with Gasteiger partial charge in [0.25, 0.3) is 0 Å². The first-order chi connectivity index (χ1) is 12.8. The molecule has 1 aliphatic heterocycles. The first-order valence-electron chi connectivity index (χ1n) is 8.85. The number of ether oxygens (including phenoxy) is 1. The number of nitrogens with one attached hydrogen (secondary N) is 3. The molecule has 1 saturated heterocycles. The molecule has 2 rings (SSSR count). The molecule has 0 saturated carbocycles. The molecule has 1 aromatic rings. The Kier molecular flexibility index (Phi) is 11.4. The van der Waals surface area contributed by atoms with Crippen LogP contribution in [0.1, 0.15) is 25.0 Å². The van der Waals surface area contributed by atoms with Crippen molar-refractivity contribution in [3.8, 4) is 0 Å². The number of aliphatic imine (C=N–C) groups is 1. The Hall–Kier alpha value is -0.270. The number of halogens is 3. The van der Waals surface area contributed by atoms with E-state index in [1.165, 1.54) is 0 Å². The third-order valence-corrected chi connectivity index (χ3v) is 6.53. The summed E-state index contributed by atoms with van der Waals surface area (Å²) in [5, 5.41) is 7.04. The van der Waals surface area contributed by atoms with Crippen molar-refractivity contribution in [1.29, 1.82) is 0 Å². The van der Waals surface area contributed by atoms with Gasteiger partial charge in [-0.25, -0.2) is 13.1 Å². The van der Waals surface area contributed by atoms with Crippen molar-refractivity contribution in [3.63, 3.8) is 0 Å². The fourth-order valence-corrected chi connectivity index (χ4v) is 4.09. The number of guanidine groups is 1. The molecule has 1 unspecified atom stereocenters. The van der Waals surface area contributed by atoms with Crippen LogP contribution in [0.2, 0.25) is 10.2 Å². The van der Waals surface area contributed by atoms with Crippen LogP contribution in [0.25, 0.3) is 0 Å². The van der Waals surface area contributed by atoms with Crippen LogP contribution in [-0.4, -0.2) is 57.5 Å². The monoisotopic (exact) mass is 567 g/mol. The van der Waals surface area contributed by atoms with E-state index in [9.17, 15) is 8.42 Å². The van der Waals surface area contributed by atoms with Crippen molar-refractivity contribution in [3.05, 3.63) is 21.9 Å². The summed E-state index contributed by atoms with van der Waals surface area (Å²) in [5.41, 5.74) is 0.884. The Bertz CT molecular complexity index is 752. The Morgan fingerprint density at radius 2 is 2.11 bits per heavy atom. The van der Waals surface area contributed by atoms with Crippen molar-refractivity contribution in [2.75, 3.05) is 32.5 Å². The van der Waals surface area contributed by atoms with Crippen LogP contribution >= 0.6 is 47.2 Å². The third-order valence-electron chi connectivity index (χ3n) is 4.34. The summed E-state index contributed by atoms with van der Waals surface area (Å²) in [7, 11) is 0.0584. The van der Waals surface area contributed by atoms with E-state index in [2.05, 4.69) is 20.3 Å². The first-order valence-corrected chi connectivity index (χ1v) is 11.3. The van der Waals surface area contributed by atoms with E-state index in [1.807, 2.05) is 7.05 Å². The van der Waals surface area contributed by atoms with Crippen molar-refractivity contribution < 1.29 is 13.2 Å². The van der Waals surface area contributed by atoms with E-state index in [1.54, 1.807) is 17.7 Å². The number of aromatic nitrogens is 1. The molecule has 1 fully saturated rings. The van der Waals surface area contributed by atoms with Crippen LogP contribution in [0.4, 0.5) is 0 Å². The van der Waals surface area contributed by atoms with Gasteiger partial charge in [0.05, 0.1) is 23.4 Å². The van der Waals surface area contributed by atoms with Crippen LogP contribution < -0.4 is 15.4 Å². The maximum absolute atomic E-state index is 12.1. The molecule has 162 valence electrons. The summed E-state index contributed by atoms with van der Waals surface area (Å²) in [4.78, 5) is 4.08. The number of nitrogens with zero attached hydrogens (tertiary/aromatic N) is 2. The number of hydrogen-bond donors (Lipinski definition) is 3. The highest BCUT2D eigenvalue weighted by Crippen LogP contribution is 2.24. The summed E-state index contributed by atoms with van der Waals surface area (Å²) in [6.07, 6.45) is 2.98. The van der Waals surface area contributed by atoms with E-state index in [-0.39, 0.29) is 42.4 Å². The standard InChI is InChI=1S/C16H27Cl2N5O3S.HI/c1-19-16(21-10-12-9-14(17)15(18)23(12)2)20-6-8-27(24,25)22-11-13-5-3-4-7-26-13;/h9,13,22H,3-8,10-11H2,1-2H3,(H2,19,20,21);1H. The van der Waals surface area contributed by atoms with Crippen molar-refractivity contribution in [2.45, 2.75) is 31.9 Å². The second-order valence-corrected chi connectivity index (χ2v) is 9.03. The SMILES string of the molecule is CN=C(NCCS(=O)(=O)NCC1CCCCO1)NCc1cc(Cl)c(Cl)n1C.I. The summed E-state index contributed by atoms with van der Waals surface area (Å²) < 4.78 is 34.1. The van der Waals surface area contributed by atoms with Gasteiger partial charge in [0.2, 0.25) is 10.0 Å². The number of sulfonamides is 1. The van der Waals surface area contributed by atoms with E-state index >= 15 is 0 Å². The highest BCUT2D eigenvalue weighted by molar-refractivity contribution is 14.0. The van der Waals surface area contributed by atoms with Gasteiger partial charge in [0.1, 0.15) is 5.15 Å². The average molecular weight is 568 g/mol.